The van der Waals surface area contributed by atoms with E-state index in [-0.39, 0.29) is 17.7 Å². The molecule has 5 rings (SSSR count). The molecule has 0 saturated carbocycles. The number of nitrogens with one attached hydrogen (secondary N) is 2. The molecule has 1 aliphatic heterocycles. The lowest BCUT2D eigenvalue weighted by molar-refractivity contribution is -0.125. The maximum absolute atomic E-state index is 13.2. The Bertz CT molecular complexity index is 1170. The molecule has 0 aliphatic carbocycles. The predicted octanol–water partition coefficient (Wildman–Crippen LogP) is 4.12. The van der Waals surface area contributed by atoms with Gasteiger partial charge in [-0.3, -0.25) is 9.78 Å². The largest absolute Gasteiger partial charge is 0.361 e. The van der Waals surface area contributed by atoms with E-state index in [1.807, 2.05) is 12.1 Å². The molecule has 2 atom stereocenters. The number of anilines is 1. The lowest BCUT2D eigenvalue weighted by atomic mass is 9.90. The van der Waals surface area contributed by atoms with E-state index in [2.05, 4.69) is 73.8 Å². The van der Waals surface area contributed by atoms with Crippen LogP contribution in [-0.4, -0.2) is 40.5 Å². The monoisotopic (exact) mass is 425 g/mol. The average molecular weight is 426 g/mol. The summed E-state index contributed by atoms with van der Waals surface area (Å²) in [6, 6.07) is 18.7. The predicted molar refractivity (Wildman–Crippen MR) is 127 cm³/mol. The fourth-order valence-corrected chi connectivity index (χ4v) is 4.68. The topological polar surface area (TPSA) is 73.9 Å². The van der Waals surface area contributed by atoms with E-state index in [1.165, 1.54) is 16.5 Å². The minimum atomic E-state index is -0.0508. The molecule has 2 unspecified atom stereocenters. The molecule has 4 aromatic rings. The number of para-hydroxylation sites is 1. The quantitative estimate of drug-likeness (QED) is 0.487. The first-order valence-corrected chi connectivity index (χ1v) is 11.2. The van der Waals surface area contributed by atoms with Gasteiger partial charge in [-0.15, -0.1) is 0 Å². The zero-order chi connectivity index (χ0) is 21.8. The van der Waals surface area contributed by atoms with Crippen LogP contribution in [-0.2, 0) is 4.79 Å². The number of rotatable bonds is 6. The number of hydrogen-bond donors (Lipinski definition) is 2. The maximum atomic E-state index is 13.2. The van der Waals surface area contributed by atoms with Crippen LogP contribution >= 0.6 is 0 Å². The molecule has 3 heterocycles. The van der Waals surface area contributed by atoms with Crippen molar-refractivity contribution in [2.75, 3.05) is 24.5 Å². The van der Waals surface area contributed by atoms with Crippen LogP contribution in [0.15, 0.2) is 79.4 Å². The molecule has 0 bridgehead atoms. The molecule has 1 saturated heterocycles. The van der Waals surface area contributed by atoms with Gasteiger partial charge in [0.25, 0.3) is 0 Å². The summed E-state index contributed by atoms with van der Waals surface area (Å²) in [5.41, 5.74) is 3.51. The van der Waals surface area contributed by atoms with E-state index >= 15 is 0 Å². The SMILES string of the molecule is O=C(NCC(c1ccccc1)c1c[nH]c2ccccc12)C1CCCN(c2cnccn2)C1. The summed E-state index contributed by atoms with van der Waals surface area (Å²) in [7, 11) is 0. The molecule has 1 aliphatic rings. The Balaban J connectivity index is 1.33. The molecule has 1 fully saturated rings. The number of hydrogen-bond acceptors (Lipinski definition) is 4. The number of H-pyrrole nitrogens is 1. The van der Waals surface area contributed by atoms with Crippen molar-refractivity contribution < 1.29 is 4.79 Å². The van der Waals surface area contributed by atoms with Crippen molar-refractivity contribution in [2.24, 2.45) is 5.92 Å². The molecule has 1 amide bonds. The highest BCUT2D eigenvalue weighted by atomic mass is 16.1. The van der Waals surface area contributed by atoms with Crippen molar-refractivity contribution in [3.63, 3.8) is 0 Å². The third-order valence-corrected chi connectivity index (χ3v) is 6.34. The third-order valence-electron chi connectivity index (χ3n) is 6.34. The van der Waals surface area contributed by atoms with Gasteiger partial charge in [-0.1, -0.05) is 48.5 Å². The van der Waals surface area contributed by atoms with Crippen LogP contribution in [0, 0.1) is 5.92 Å². The van der Waals surface area contributed by atoms with Gasteiger partial charge < -0.3 is 15.2 Å². The van der Waals surface area contributed by atoms with E-state index in [1.54, 1.807) is 18.6 Å². The minimum absolute atomic E-state index is 0.0508. The fourth-order valence-electron chi connectivity index (χ4n) is 4.68. The van der Waals surface area contributed by atoms with Crippen LogP contribution in [0.1, 0.15) is 29.9 Å². The number of nitrogens with zero attached hydrogens (tertiary/aromatic N) is 3. The van der Waals surface area contributed by atoms with Crippen LogP contribution in [0.5, 0.6) is 0 Å². The number of amides is 1. The van der Waals surface area contributed by atoms with Gasteiger partial charge in [0.2, 0.25) is 5.91 Å². The molecular formula is C26H27N5O. The first-order chi connectivity index (χ1) is 15.8. The van der Waals surface area contributed by atoms with Gasteiger partial charge in [-0.2, -0.15) is 0 Å². The van der Waals surface area contributed by atoms with Gasteiger partial charge in [-0.25, -0.2) is 4.98 Å². The van der Waals surface area contributed by atoms with E-state index in [4.69, 9.17) is 0 Å². The molecule has 2 aromatic heterocycles. The Hall–Kier alpha value is -3.67. The van der Waals surface area contributed by atoms with E-state index in [0.29, 0.717) is 13.1 Å². The van der Waals surface area contributed by atoms with Crippen molar-refractivity contribution in [1.29, 1.82) is 0 Å². The fraction of sp³-hybridized carbons (Fsp3) is 0.269. The highest BCUT2D eigenvalue weighted by Crippen LogP contribution is 2.30. The molecule has 2 N–H and O–H groups in total. The molecule has 6 nitrogen and oxygen atoms in total. The lowest BCUT2D eigenvalue weighted by Gasteiger charge is -2.33. The second-order valence-electron chi connectivity index (χ2n) is 8.35. The third kappa shape index (κ3) is 4.21. The molecule has 0 radical (unpaired) electrons. The first kappa shape index (κ1) is 20.2. The van der Waals surface area contributed by atoms with Gasteiger partial charge in [0, 0.05) is 55.0 Å². The molecular weight excluding hydrogens is 398 g/mol. The molecule has 0 spiro atoms. The van der Waals surface area contributed by atoms with Gasteiger partial charge in [0.05, 0.1) is 12.1 Å². The number of fused-ring (bicyclic) bond motifs is 1. The Morgan fingerprint density at radius 3 is 2.81 bits per heavy atom. The Kier molecular flexibility index (Phi) is 5.83. The van der Waals surface area contributed by atoms with Gasteiger partial charge in [-0.05, 0) is 30.0 Å². The zero-order valence-electron chi connectivity index (χ0n) is 17.9. The summed E-state index contributed by atoms with van der Waals surface area (Å²) < 4.78 is 0. The van der Waals surface area contributed by atoms with Crippen LogP contribution in [0.2, 0.25) is 0 Å². The Labute approximate surface area is 187 Å². The normalized spacial score (nSPS) is 17.2. The van der Waals surface area contributed by atoms with Crippen molar-refractivity contribution in [3.8, 4) is 0 Å². The number of benzene rings is 2. The molecule has 6 heteroatoms. The number of piperidine rings is 1. The van der Waals surface area contributed by atoms with Crippen molar-refractivity contribution in [3.05, 3.63) is 90.5 Å². The van der Waals surface area contributed by atoms with Crippen LogP contribution in [0.3, 0.4) is 0 Å². The summed E-state index contributed by atoms with van der Waals surface area (Å²) in [6.07, 6.45) is 9.08. The highest BCUT2D eigenvalue weighted by Gasteiger charge is 2.27. The van der Waals surface area contributed by atoms with Crippen LogP contribution < -0.4 is 10.2 Å². The number of aromatic nitrogens is 3. The Morgan fingerprint density at radius 1 is 1.12 bits per heavy atom. The summed E-state index contributed by atoms with van der Waals surface area (Å²) in [4.78, 5) is 27.3. The zero-order valence-corrected chi connectivity index (χ0v) is 17.9. The standard InChI is InChI=1S/C26H27N5O/c32-26(20-9-6-14-31(18-20)25-17-27-12-13-28-25)30-15-22(19-7-2-1-3-8-19)23-16-29-24-11-5-4-10-21(23)24/h1-5,7-8,10-13,16-17,20,22,29H,6,9,14-15,18H2,(H,30,32). The van der Waals surface area contributed by atoms with Crippen molar-refractivity contribution in [2.45, 2.75) is 18.8 Å². The van der Waals surface area contributed by atoms with Gasteiger partial charge in [0.1, 0.15) is 5.82 Å². The van der Waals surface area contributed by atoms with E-state index in [0.717, 1.165) is 30.7 Å². The Morgan fingerprint density at radius 2 is 1.97 bits per heavy atom. The maximum Gasteiger partial charge on any atom is 0.224 e. The van der Waals surface area contributed by atoms with Crippen LogP contribution in [0.4, 0.5) is 5.82 Å². The smallest absolute Gasteiger partial charge is 0.224 e. The van der Waals surface area contributed by atoms with Crippen molar-refractivity contribution in [1.82, 2.24) is 20.3 Å². The number of carbonyl (C=O) groups excluding carboxylic acids is 1. The average Bonchev–Trinajstić information content (AvgIpc) is 3.29. The summed E-state index contributed by atoms with van der Waals surface area (Å²) >= 11 is 0. The van der Waals surface area contributed by atoms with Gasteiger partial charge in [0.15, 0.2) is 0 Å². The van der Waals surface area contributed by atoms with Gasteiger partial charge >= 0.3 is 0 Å². The van der Waals surface area contributed by atoms with Crippen LogP contribution in [0.25, 0.3) is 10.9 Å². The summed E-state index contributed by atoms with van der Waals surface area (Å²) in [6.45, 7) is 2.14. The second kappa shape index (κ2) is 9.22. The van der Waals surface area contributed by atoms with Crippen molar-refractivity contribution >= 4 is 22.6 Å². The first-order valence-electron chi connectivity index (χ1n) is 11.2. The molecule has 162 valence electrons. The second-order valence-corrected chi connectivity index (χ2v) is 8.35. The molecule has 32 heavy (non-hydrogen) atoms. The van der Waals surface area contributed by atoms with E-state index in [9.17, 15) is 4.79 Å². The van der Waals surface area contributed by atoms with E-state index < -0.39 is 0 Å². The summed E-state index contributed by atoms with van der Waals surface area (Å²) in [5, 5.41) is 4.46. The number of aromatic amines is 1. The summed E-state index contributed by atoms with van der Waals surface area (Å²) in [5.74, 6) is 0.978. The lowest BCUT2D eigenvalue weighted by Crippen LogP contribution is -2.44. The molecule has 2 aromatic carbocycles. The minimum Gasteiger partial charge on any atom is -0.361 e. The highest BCUT2D eigenvalue weighted by molar-refractivity contribution is 5.84. The number of carbonyl (C=O) groups is 1.